The molecule has 1 fully saturated rings. The molecule has 19 heavy (non-hydrogen) atoms. The fraction of sp³-hybridized carbons (Fsp3) is 0.462. The van der Waals surface area contributed by atoms with Crippen LogP contribution in [0.3, 0.4) is 0 Å². The van der Waals surface area contributed by atoms with Gasteiger partial charge in [-0.15, -0.1) is 12.4 Å². The zero-order valence-electron chi connectivity index (χ0n) is 11.1. The van der Waals surface area contributed by atoms with E-state index in [1.54, 1.807) is 32.4 Å². The van der Waals surface area contributed by atoms with E-state index < -0.39 is 0 Å². The van der Waals surface area contributed by atoms with Gasteiger partial charge in [0.1, 0.15) is 11.5 Å². The maximum atomic E-state index is 12.2. The molecule has 6 heteroatoms. The molecule has 1 aromatic rings. The highest BCUT2D eigenvalue weighted by molar-refractivity contribution is 5.97. The Morgan fingerprint density at radius 3 is 2.74 bits per heavy atom. The van der Waals surface area contributed by atoms with Gasteiger partial charge in [-0.25, -0.2) is 0 Å². The van der Waals surface area contributed by atoms with Crippen LogP contribution in [0.1, 0.15) is 16.8 Å². The highest BCUT2D eigenvalue weighted by Crippen LogP contribution is 2.24. The number of carbonyl (C=O) groups is 1. The van der Waals surface area contributed by atoms with Crippen molar-refractivity contribution >= 4 is 18.3 Å². The molecule has 1 aliphatic rings. The minimum Gasteiger partial charge on any atom is -0.497 e. The molecule has 0 aliphatic carbocycles. The van der Waals surface area contributed by atoms with Crippen LogP contribution >= 0.6 is 12.4 Å². The third kappa shape index (κ3) is 3.75. The predicted octanol–water partition coefficient (Wildman–Crippen LogP) is 1.22. The monoisotopic (exact) mass is 286 g/mol. The number of halogens is 1. The summed E-state index contributed by atoms with van der Waals surface area (Å²) in [6, 6.07) is 5.39. The van der Waals surface area contributed by atoms with Crippen molar-refractivity contribution in [2.24, 2.45) is 0 Å². The van der Waals surface area contributed by atoms with Crippen molar-refractivity contribution in [1.82, 2.24) is 10.6 Å². The van der Waals surface area contributed by atoms with Gasteiger partial charge < -0.3 is 20.1 Å². The number of hydrogen-bond acceptors (Lipinski definition) is 4. The molecule has 0 bridgehead atoms. The smallest absolute Gasteiger partial charge is 0.255 e. The minimum atomic E-state index is -0.126. The minimum absolute atomic E-state index is 0. The fourth-order valence-electron chi connectivity index (χ4n) is 2.03. The normalized spacial score (nSPS) is 17.5. The van der Waals surface area contributed by atoms with Gasteiger partial charge >= 0.3 is 0 Å². The number of methoxy groups -OCH3 is 2. The molecule has 0 radical (unpaired) electrons. The number of rotatable bonds is 4. The fourth-order valence-corrected chi connectivity index (χ4v) is 2.03. The molecule has 1 aromatic carbocycles. The van der Waals surface area contributed by atoms with Gasteiger partial charge in [0.25, 0.3) is 5.91 Å². The van der Waals surface area contributed by atoms with E-state index in [1.165, 1.54) is 0 Å². The number of amides is 1. The van der Waals surface area contributed by atoms with E-state index in [0.29, 0.717) is 17.1 Å². The van der Waals surface area contributed by atoms with E-state index in [-0.39, 0.29) is 24.4 Å². The second kappa shape index (κ2) is 7.21. The van der Waals surface area contributed by atoms with Crippen LogP contribution in [0.4, 0.5) is 0 Å². The van der Waals surface area contributed by atoms with Crippen molar-refractivity contribution in [1.29, 1.82) is 0 Å². The number of benzene rings is 1. The molecule has 1 saturated heterocycles. The van der Waals surface area contributed by atoms with Crippen molar-refractivity contribution in [2.45, 2.75) is 12.5 Å². The van der Waals surface area contributed by atoms with E-state index >= 15 is 0 Å². The standard InChI is InChI=1S/C13H18N2O3.ClH/c1-17-10-3-4-12(18-2)11(7-10)13(16)15-9-5-6-14-8-9;/h3-4,7,9,14H,5-6,8H2,1-2H3,(H,15,16);1H. The molecule has 1 aliphatic heterocycles. The first-order chi connectivity index (χ1) is 8.74. The maximum absolute atomic E-state index is 12.2. The van der Waals surface area contributed by atoms with Crippen molar-refractivity contribution < 1.29 is 14.3 Å². The lowest BCUT2D eigenvalue weighted by Crippen LogP contribution is -2.36. The molecule has 0 aromatic heterocycles. The van der Waals surface area contributed by atoms with E-state index in [4.69, 9.17) is 9.47 Å². The SMILES string of the molecule is COc1ccc(OC)c(C(=O)NC2CCNC2)c1.Cl. The summed E-state index contributed by atoms with van der Waals surface area (Å²) in [5.41, 5.74) is 0.503. The van der Waals surface area contributed by atoms with Crippen LogP contribution in [0, 0.1) is 0 Å². The van der Waals surface area contributed by atoms with Crippen LogP contribution in [0.15, 0.2) is 18.2 Å². The summed E-state index contributed by atoms with van der Waals surface area (Å²) in [6.45, 7) is 1.76. The van der Waals surface area contributed by atoms with Gasteiger partial charge in [0.2, 0.25) is 0 Å². The number of carbonyl (C=O) groups excluding carboxylic acids is 1. The van der Waals surface area contributed by atoms with E-state index in [1.807, 2.05) is 0 Å². The zero-order chi connectivity index (χ0) is 13.0. The Balaban J connectivity index is 0.00000180. The summed E-state index contributed by atoms with van der Waals surface area (Å²) in [7, 11) is 3.13. The number of nitrogens with one attached hydrogen (secondary N) is 2. The first-order valence-corrected chi connectivity index (χ1v) is 5.98. The number of hydrogen-bond donors (Lipinski definition) is 2. The van der Waals surface area contributed by atoms with Crippen LogP contribution in [-0.4, -0.2) is 39.3 Å². The third-order valence-electron chi connectivity index (χ3n) is 3.05. The van der Waals surface area contributed by atoms with Gasteiger partial charge in [0, 0.05) is 12.6 Å². The van der Waals surface area contributed by atoms with Gasteiger partial charge in [-0.3, -0.25) is 4.79 Å². The molecule has 1 amide bonds. The molecule has 0 spiro atoms. The molecule has 0 saturated carbocycles. The second-order valence-corrected chi connectivity index (χ2v) is 4.23. The molecule has 1 unspecified atom stereocenters. The van der Waals surface area contributed by atoms with Gasteiger partial charge in [0.05, 0.1) is 19.8 Å². The molecule has 2 rings (SSSR count). The van der Waals surface area contributed by atoms with Crippen molar-refractivity contribution in [3.8, 4) is 11.5 Å². The lowest BCUT2D eigenvalue weighted by molar-refractivity contribution is 0.0936. The van der Waals surface area contributed by atoms with E-state index in [0.717, 1.165) is 19.5 Å². The second-order valence-electron chi connectivity index (χ2n) is 4.23. The topological polar surface area (TPSA) is 59.6 Å². The van der Waals surface area contributed by atoms with Crippen LogP contribution in [0.2, 0.25) is 0 Å². The van der Waals surface area contributed by atoms with Gasteiger partial charge in [-0.2, -0.15) is 0 Å². The van der Waals surface area contributed by atoms with Crippen LogP contribution in [-0.2, 0) is 0 Å². The largest absolute Gasteiger partial charge is 0.497 e. The molecule has 106 valence electrons. The third-order valence-corrected chi connectivity index (χ3v) is 3.05. The zero-order valence-corrected chi connectivity index (χ0v) is 11.9. The molecule has 1 atom stereocenters. The lowest BCUT2D eigenvalue weighted by Gasteiger charge is -2.14. The highest BCUT2D eigenvalue weighted by Gasteiger charge is 2.20. The predicted molar refractivity (Wildman–Crippen MR) is 75.5 cm³/mol. The Hall–Kier alpha value is -1.46. The summed E-state index contributed by atoms with van der Waals surface area (Å²) in [4.78, 5) is 12.2. The number of ether oxygens (including phenoxy) is 2. The quantitative estimate of drug-likeness (QED) is 0.874. The molecular weight excluding hydrogens is 268 g/mol. The summed E-state index contributed by atoms with van der Waals surface area (Å²) < 4.78 is 10.3. The van der Waals surface area contributed by atoms with Crippen LogP contribution in [0.5, 0.6) is 11.5 Å². The van der Waals surface area contributed by atoms with Crippen molar-refractivity contribution in [2.75, 3.05) is 27.3 Å². The summed E-state index contributed by atoms with van der Waals surface area (Å²) in [5.74, 6) is 1.07. The first-order valence-electron chi connectivity index (χ1n) is 5.98. The summed E-state index contributed by atoms with van der Waals surface area (Å²) in [6.07, 6.45) is 0.956. The van der Waals surface area contributed by atoms with E-state index in [2.05, 4.69) is 10.6 Å². The van der Waals surface area contributed by atoms with E-state index in [9.17, 15) is 4.79 Å². The average Bonchev–Trinajstić information content (AvgIpc) is 2.90. The maximum Gasteiger partial charge on any atom is 0.255 e. The van der Waals surface area contributed by atoms with Crippen LogP contribution < -0.4 is 20.1 Å². The van der Waals surface area contributed by atoms with Gasteiger partial charge in [-0.05, 0) is 31.2 Å². The Morgan fingerprint density at radius 2 is 2.16 bits per heavy atom. The molecule has 2 N–H and O–H groups in total. The molecular formula is C13H19ClN2O3. The summed E-state index contributed by atoms with van der Waals surface area (Å²) >= 11 is 0. The van der Waals surface area contributed by atoms with Gasteiger partial charge in [0.15, 0.2) is 0 Å². The Bertz CT molecular complexity index is 434. The highest BCUT2D eigenvalue weighted by atomic mass is 35.5. The van der Waals surface area contributed by atoms with Gasteiger partial charge in [-0.1, -0.05) is 0 Å². The Kier molecular flexibility index (Phi) is 5.92. The lowest BCUT2D eigenvalue weighted by atomic mass is 10.1. The van der Waals surface area contributed by atoms with Crippen molar-refractivity contribution in [3.63, 3.8) is 0 Å². The Labute approximate surface area is 119 Å². The van der Waals surface area contributed by atoms with Crippen LogP contribution in [0.25, 0.3) is 0 Å². The first kappa shape index (κ1) is 15.6. The van der Waals surface area contributed by atoms with Crippen molar-refractivity contribution in [3.05, 3.63) is 23.8 Å². The molecule has 5 nitrogen and oxygen atoms in total. The molecule has 1 heterocycles. The Morgan fingerprint density at radius 1 is 1.37 bits per heavy atom. The average molecular weight is 287 g/mol. The summed E-state index contributed by atoms with van der Waals surface area (Å²) in [5, 5.41) is 6.19.